The Morgan fingerprint density at radius 3 is 2.45 bits per heavy atom. The summed E-state index contributed by atoms with van der Waals surface area (Å²) in [5.74, 6) is 1.51. The van der Waals surface area contributed by atoms with E-state index >= 15 is 0 Å². The van der Waals surface area contributed by atoms with Crippen molar-refractivity contribution in [3.63, 3.8) is 0 Å². The second-order valence-corrected chi connectivity index (χ2v) is 7.98. The third kappa shape index (κ3) is 6.09. The summed E-state index contributed by atoms with van der Waals surface area (Å²) in [6, 6.07) is 23.2. The highest BCUT2D eigenvalue weighted by molar-refractivity contribution is 9.10. The molecular weight excluding hydrogens is 426 g/mol. The monoisotopic (exact) mass is 453 g/mol. The molecule has 29 heavy (non-hydrogen) atoms. The van der Waals surface area contributed by atoms with Crippen LogP contribution in [0.1, 0.15) is 42.1 Å². The van der Waals surface area contributed by atoms with Crippen LogP contribution in [0.3, 0.4) is 0 Å². The maximum absolute atomic E-state index is 6.12. The molecule has 3 rings (SSSR count). The summed E-state index contributed by atoms with van der Waals surface area (Å²) in [5.41, 5.74) is 4.78. The van der Waals surface area contributed by atoms with E-state index in [-0.39, 0.29) is 6.04 Å². The molecular formula is C25H28BrNO2. The fourth-order valence-electron chi connectivity index (χ4n) is 3.21. The van der Waals surface area contributed by atoms with E-state index in [1.165, 1.54) is 11.1 Å². The van der Waals surface area contributed by atoms with E-state index < -0.39 is 0 Å². The Balaban J connectivity index is 1.71. The number of aryl methyl sites for hydroxylation is 1. The lowest BCUT2D eigenvalue weighted by molar-refractivity contribution is 0.267. The summed E-state index contributed by atoms with van der Waals surface area (Å²) < 4.78 is 12.9. The van der Waals surface area contributed by atoms with Crippen LogP contribution in [0.4, 0.5) is 0 Å². The molecule has 0 aromatic heterocycles. The zero-order chi connectivity index (χ0) is 20.6. The lowest BCUT2D eigenvalue weighted by Gasteiger charge is -2.18. The SMILES string of the molecule is CCOc1cc(CN[C@H](C)c2ccccc2)cc(Br)c1OCc1cccc(C)c1. The van der Waals surface area contributed by atoms with Crippen molar-refractivity contribution >= 4 is 15.9 Å². The summed E-state index contributed by atoms with van der Waals surface area (Å²) in [4.78, 5) is 0. The van der Waals surface area contributed by atoms with Crippen molar-refractivity contribution in [1.29, 1.82) is 0 Å². The van der Waals surface area contributed by atoms with Crippen molar-refractivity contribution in [3.8, 4) is 11.5 Å². The fraction of sp³-hybridized carbons (Fsp3) is 0.280. The minimum Gasteiger partial charge on any atom is -0.490 e. The van der Waals surface area contributed by atoms with Crippen LogP contribution < -0.4 is 14.8 Å². The highest BCUT2D eigenvalue weighted by Gasteiger charge is 2.14. The van der Waals surface area contributed by atoms with Gasteiger partial charge in [-0.05, 0) is 65.5 Å². The van der Waals surface area contributed by atoms with Gasteiger partial charge in [0.1, 0.15) is 6.61 Å². The molecule has 1 N–H and O–H groups in total. The van der Waals surface area contributed by atoms with Gasteiger partial charge < -0.3 is 14.8 Å². The van der Waals surface area contributed by atoms with Crippen molar-refractivity contribution in [1.82, 2.24) is 5.32 Å². The first-order valence-corrected chi connectivity index (χ1v) is 10.8. The zero-order valence-corrected chi connectivity index (χ0v) is 18.8. The Hall–Kier alpha value is -2.30. The molecule has 0 radical (unpaired) electrons. The Bertz CT molecular complexity index is 927. The van der Waals surface area contributed by atoms with E-state index in [1.807, 2.05) is 13.0 Å². The largest absolute Gasteiger partial charge is 0.490 e. The molecule has 0 heterocycles. The lowest BCUT2D eigenvalue weighted by atomic mass is 10.1. The van der Waals surface area contributed by atoms with Gasteiger partial charge in [-0.15, -0.1) is 0 Å². The number of nitrogens with one attached hydrogen (secondary N) is 1. The number of hydrogen-bond donors (Lipinski definition) is 1. The quantitative estimate of drug-likeness (QED) is 0.396. The van der Waals surface area contributed by atoms with Crippen molar-refractivity contribution in [2.24, 2.45) is 0 Å². The predicted octanol–water partition coefficient (Wildman–Crippen LogP) is 6.59. The van der Waals surface area contributed by atoms with E-state index in [0.29, 0.717) is 13.2 Å². The van der Waals surface area contributed by atoms with Crippen LogP contribution in [0.5, 0.6) is 11.5 Å². The van der Waals surface area contributed by atoms with E-state index in [0.717, 1.165) is 33.6 Å². The molecule has 0 aliphatic carbocycles. The molecule has 3 aromatic carbocycles. The van der Waals surface area contributed by atoms with E-state index in [1.54, 1.807) is 0 Å². The Morgan fingerprint density at radius 1 is 0.931 bits per heavy atom. The molecule has 0 spiro atoms. The molecule has 1 atom stereocenters. The molecule has 0 amide bonds. The van der Waals surface area contributed by atoms with Gasteiger partial charge >= 0.3 is 0 Å². The van der Waals surface area contributed by atoms with Crippen molar-refractivity contribution in [2.45, 2.75) is 40.0 Å². The molecule has 4 heteroatoms. The first-order valence-electron chi connectivity index (χ1n) is 9.98. The first kappa shape index (κ1) is 21.4. The number of ether oxygens (including phenoxy) is 2. The molecule has 0 fully saturated rings. The summed E-state index contributed by atoms with van der Waals surface area (Å²) in [6.45, 7) is 8.08. The van der Waals surface area contributed by atoms with Gasteiger partial charge in [0.2, 0.25) is 0 Å². The van der Waals surface area contributed by atoms with Crippen molar-refractivity contribution in [2.75, 3.05) is 6.61 Å². The predicted molar refractivity (Wildman–Crippen MR) is 123 cm³/mol. The van der Waals surface area contributed by atoms with Crippen LogP contribution in [-0.4, -0.2) is 6.61 Å². The van der Waals surface area contributed by atoms with Gasteiger partial charge in [-0.3, -0.25) is 0 Å². The van der Waals surface area contributed by atoms with Gasteiger partial charge in [0.15, 0.2) is 11.5 Å². The molecule has 0 aliphatic rings. The lowest BCUT2D eigenvalue weighted by Crippen LogP contribution is -2.18. The van der Waals surface area contributed by atoms with Crippen LogP contribution in [0.2, 0.25) is 0 Å². The summed E-state index contributed by atoms with van der Waals surface area (Å²) in [5, 5.41) is 3.58. The van der Waals surface area contributed by atoms with Crippen molar-refractivity contribution < 1.29 is 9.47 Å². The maximum Gasteiger partial charge on any atom is 0.175 e. The minimum absolute atomic E-state index is 0.266. The molecule has 3 aromatic rings. The third-order valence-corrected chi connectivity index (χ3v) is 5.34. The number of benzene rings is 3. The molecule has 0 unspecified atom stereocenters. The van der Waals surface area contributed by atoms with Gasteiger partial charge in [0, 0.05) is 12.6 Å². The molecule has 0 aliphatic heterocycles. The van der Waals surface area contributed by atoms with Crippen LogP contribution in [0, 0.1) is 6.92 Å². The molecule has 0 saturated heterocycles. The fourth-order valence-corrected chi connectivity index (χ4v) is 3.82. The normalized spacial score (nSPS) is 11.9. The molecule has 3 nitrogen and oxygen atoms in total. The average Bonchev–Trinajstić information content (AvgIpc) is 2.72. The summed E-state index contributed by atoms with van der Waals surface area (Å²) in [6.07, 6.45) is 0. The first-order chi connectivity index (χ1) is 14.1. The van der Waals surface area contributed by atoms with E-state index in [2.05, 4.69) is 95.8 Å². The molecule has 152 valence electrons. The second-order valence-electron chi connectivity index (χ2n) is 7.13. The van der Waals surface area contributed by atoms with Gasteiger partial charge in [-0.2, -0.15) is 0 Å². The van der Waals surface area contributed by atoms with E-state index in [9.17, 15) is 0 Å². The van der Waals surface area contributed by atoms with E-state index in [4.69, 9.17) is 9.47 Å². The minimum atomic E-state index is 0.266. The van der Waals surface area contributed by atoms with Gasteiger partial charge in [0.25, 0.3) is 0 Å². The van der Waals surface area contributed by atoms with Crippen LogP contribution in [-0.2, 0) is 13.2 Å². The summed E-state index contributed by atoms with van der Waals surface area (Å²) in [7, 11) is 0. The Labute approximate surface area is 182 Å². The highest BCUT2D eigenvalue weighted by Crippen LogP contribution is 2.37. The van der Waals surface area contributed by atoms with Crippen LogP contribution in [0.25, 0.3) is 0 Å². The van der Waals surface area contributed by atoms with Crippen LogP contribution in [0.15, 0.2) is 71.2 Å². The van der Waals surface area contributed by atoms with Crippen LogP contribution >= 0.6 is 15.9 Å². The molecule has 0 saturated carbocycles. The standard InChI is InChI=1S/C25H28BrNO2/c1-4-28-24-15-21(16-27-19(3)22-11-6-5-7-12-22)14-23(26)25(24)29-17-20-10-8-9-18(2)13-20/h5-15,19,27H,4,16-17H2,1-3H3/t19-/m1/s1. The van der Waals surface area contributed by atoms with Gasteiger partial charge in [-0.1, -0.05) is 60.2 Å². The summed E-state index contributed by atoms with van der Waals surface area (Å²) >= 11 is 3.68. The zero-order valence-electron chi connectivity index (χ0n) is 17.2. The topological polar surface area (TPSA) is 30.5 Å². The van der Waals surface area contributed by atoms with Gasteiger partial charge in [-0.25, -0.2) is 0 Å². The Morgan fingerprint density at radius 2 is 1.72 bits per heavy atom. The smallest absolute Gasteiger partial charge is 0.175 e. The van der Waals surface area contributed by atoms with Gasteiger partial charge in [0.05, 0.1) is 11.1 Å². The van der Waals surface area contributed by atoms with Crippen molar-refractivity contribution in [3.05, 3.63) is 93.5 Å². The second kappa shape index (κ2) is 10.5. The maximum atomic E-state index is 6.12. The molecule has 0 bridgehead atoms. The number of hydrogen-bond acceptors (Lipinski definition) is 3. The number of halogens is 1. The average molecular weight is 454 g/mol. The third-order valence-electron chi connectivity index (χ3n) is 4.75. The Kier molecular flexibility index (Phi) is 7.73. The number of rotatable bonds is 9. The highest BCUT2D eigenvalue weighted by atomic mass is 79.9.